The molecule has 1 aromatic carbocycles. The zero-order valence-electron chi connectivity index (χ0n) is 14.5. The fourth-order valence-electron chi connectivity index (χ4n) is 2.22. The molecule has 148 valence electrons. The number of hydrogen-bond donors (Lipinski definition) is 6. The Morgan fingerprint density at radius 2 is 1.56 bits per heavy atom. The molecule has 0 spiro atoms. The van der Waals surface area contributed by atoms with Gasteiger partial charge in [-0.3, -0.25) is 14.4 Å². The number of aliphatic carboxylic acids is 2. The highest BCUT2D eigenvalue weighted by Gasteiger charge is 2.28. The Morgan fingerprint density at radius 3 is 2.07 bits per heavy atom. The van der Waals surface area contributed by atoms with E-state index in [1.165, 1.54) is 0 Å². The number of benzene rings is 1. The predicted molar refractivity (Wildman–Crippen MR) is 93.6 cm³/mol. The average molecular weight is 381 g/mol. The molecule has 0 aliphatic rings. The molecule has 0 bridgehead atoms. The Kier molecular flexibility index (Phi) is 8.90. The van der Waals surface area contributed by atoms with Crippen LogP contribution in [0, 0.1) is 0 Å². The molecule has 2 amide bonds. The number of carbonyl (C=O) groups is 4. The first-order chi connectivity index (χ1) is 12.7. The minimum Gasteiger partial charge on any atom is -0.481 e. The van der Waals surface area contributed by atoms with Gasteiger partial charge in [0.05, 0.1) is 6.61 Å². The number of nitrogens with one attached hydrogen (secondary N) is 2. The van der Waals surface area contributed by atoms with Gasteiger partial charge in [0, 0.05) is 12.8 Å². The molecule has 10 nitrogen and oxygen atoms in total. The molecule has 7 N–H and O–H groups in total. The SMILES string of the molecule is NC(CO)C(=O)NC(CCC(=O)O)C(=O)NC(Cc1ccccc1)C(=O)O. The largest absolute Gasteiger partial charge is 0.481 e. The molecular formula is C17H23N3O7. The van der Waals surface area contributed by atoms with E-state index in [1.54, 1.807) is 30.3 Å². The van der Waals surface area contributed by atoms with Gasteiger partial charge in [0.15, 0.2) is 0 Å². The van der Waals surface area contributed by atoms with E-state index in [4.69, 9.17) is 15.9 Å². The van der Waals surface area contributed by atoms with Crippen molar-refractivity contribution < 1.29 is 34.5 Å². The number of carboxylic acid groups (broad SMARTS) is 2. The van der Waals surface area contributed by atoms with Gasteiger partial charge in [-0.2, -0.15) is 0 Å². The molecule has 0 heterocycles. The fourth-order valence-corrected chi connectivity index (χ4v) is 2.22. The van der Waals surface area contributed by atoms with Crippen molar-refractivity contribution in [3.63, 3.8) is 0 Å². The highest BCUT2D eigenvalue weighted by Crippen LogP contribution is 2.05. The first-order valence-corrected chi connectivity index (χ1v) is 8.20. The lowest BCUT2D eigenvalue weighted by molar-refractivity contribution is -0.143. The molecule has 0 aromatic heterocycles. The number of nitrogens with two attached hydrogens (primary N) is 1. The molecule has 3 atom stereocenters. The number of aliphatic hydroxyl groups excluding tert-OH is 1. The van der Waals surface area contributed by atoms with Crippen LogP contribution in [0.15, 0.2) is 30.3 Å². The van der Waals surface area contributed by atoms with Crippen LogP contribution in [0.4, 0.5) is 0 Å². The van der Waals surface area contributed by atoms with Crippen molar-refractivity contribution in [2.24, 2.45) is 5.73 Å². The van der Waals surface area contributed by atoms with Gasteiger partial charge < -0.3 is 31.7 Å². The summed E-state index contributed by atoms with van der Waals surface area (Å²) < 4.78 is 0. The van der Waals surface area contributed by atoms with E-state index < -0.39 is 54.9 Å². The molecular weight excluding hydrogens is 358 g/mol. The van der Waals surface area contributed by atoms with Crippen LogP contribution in [0.2, 0.25) is 0 Å². The number of carbonyl (C=O) groups excluding carboxylic acids is 2. The quantitative estimate of drug-likeness (QED) is 0.267. The van der Waals surface area contributed by atoms with Gasteiger partial charge in [-0.05, 0) is 12.0 Å². The molecule has 0 saturated heterocycles. The molecule has 0 aliphatic heterocycles. The fraction of sp³-hybridized carbons (Fsp3) is 0.412. The molecule has 1 rings (SSSR count). The summed E-state index contributed by atoms with van der Waals surface area (Å²) in [5.41, 5.74) is 6.05. The Hall–Kier alpha value is -2.98. The molecule has 3 unspecified atom stereocenters. The molecule has 0 aliphatic carbocycles. The summed E-state index contributed by atoms with van der Waals surface area (Å²) in [6.07, 6.45) is -0.677. The summed E-state index contributed by atoms with van der Waals surface area (Å²) in [6.45, 7) is -0.662. The van der Waals surface area contributed by atoms with Gasteiger partial charge in [-0.25, -0.2) is 4.79 Å². The zero-order chi connectivity index (χ0) is 20.4. The number of rotatable bonds is 11. The Morgan fingerprint density at radius 1 is 0.963 bits per heavy atom. The molecule has 0 saturated carbocycles. The Labute approximate surface area is 155 Å². The van der Waals surface area contributed by atoms with E-state index in [9.17, 15) is 24.3 Å². The maximum absolute atomic E-state index is 12.4. The maximum Gasteiger partial charge on any atom is 0.326 e. The number of aliphatic hydroxyl groups is 1. The van der Waals surface area contributed by atoms with Crippen molar-refractivity contribution in [2.75, 3.05) is 6.61 Å². The van der Waals surface area contributed by atoms with E-state index in [0.717, 1.165) is 0 Å². The van der Waals surface area contributed by atoms with Gasteiger partial charge >= 0.3 is 11.9 Å². The van der Waals surface area contributed by atoms with E-state index in [1.807, 2.05) is 0 Å². The average Bonchev–Trinajstić information content (AvgIpc) is 2.64. The van der Waals surface area contributed by atoms with Crippen LogP contribution in [-0.4, -0.2) is 63.8 Å². The number of carboxylic acids is 2. The summed E-state index contributed by atoms with van der Waals surface area (Å²) in [7, 11) is 0. The predicted octanol–water partition coefficient (Wildman–Crippen LogP) is -1.53. The molecule has 27 heavy (non-hydrogen) atoms. The van der Waals surface area contributed by atoms with Crippen molar-refractivity contribution in [1.29, 1.82) is 0 Å². The van der Waals surface area contributed by atoms with Crippen molar-refractivity contribution >= 4 is 23.8 Å². The van der Waals surface area contributed by atoms with Gasteiger partial charge in [0.25, 0.3) is 0 Å². The molecule has 0 radical (unpaired) electrons. The third-order valence-electron chi connectivity index (χ3n) is 3.71. The van der Waals surface area contributed by atoms with Crippen LogP contribution in [-0.2, 0) is 25.6 Å². The monoisotopic (exact) mass is 381 g/mol. The number of hydrogen-bond acceptors (Lipinski definition) is 6. The highest BCUT2D eigenvalue weighted by atomic mass is 16.4. The highest BCUT2D eigenvalue weighted by molar-refractivity contribution is 5.92. The minimum absolute atomic E-state index is 0.0116. The van der Waals surface area contributed by atoms with Gasteiger partial charge in [-0.1, -0.05) is 30.3 Å². The second-order valence-electron chi connectivity index (χ2n) is 5.87. The van der Waals surface area contributed by atoms with E-state index in [2.05, 4.69) is 10.6 Å². The van der Waals surface area contributed by atoms with Gasteiger partial charge in [-0.15, -0.1) is 0 Å². The lowest BCUT2D eigenvalue weighted by Crippen LogP contribution is -2.55. The second kappa shape index (κ2) is 10.9. The molecule has 0 fully saturated rings. The second-order valence-corrected chi connectivity index (χ2v) is 5.87. The van der Waals surface area contributed by atoms with Crippen LogP contribution in [0.1, 0.15) is 18.4 Å². The summed E-state index contributed by atoms with van der Waals surface area (Å²) in [5.74, 6) is -4.16. The van der Waals surface area contributed by atoms with E-state index >= 15 is 0 Å². The van der Waals surface area contributed by atoms with Crippen molar-refractivity contribution in [1.82, 2.24) is 10.6 Å². The summed E-state index contributed by atoms with van der Waals surface area (Å²) in [4.78, 5) is 46.5. The summed E-state index contributed by atoms with van der Waals surface area (Å²) in [5, 5.41) is 31.6. The summed E-state index contributed by atoms with van der Waals surface area (Å²) >= 11 is 0. The maximum atomic E-state index is 12.4. The minimum atomic E-state index is -1.30. The van der Waals surface area contributed by atoms with Crippen molar-refractivity contribution in [3.8, 4) is 0 Å². The standard InChI is InChI=1S/C17H23N3O7/c18-11(9-21)15(24)19-12(6-7-14(22)23)16(25)20-13(17(26)27)8-10-4-2-1-3-5-10/h1-5,11-13,21H,6-9,18H2,(H,19,24)(H,20,25)(H,22,23)(H,26,27). The van der Waals surface area contributed by atoms with Gasteiger partial charge in [0.1, 0.15) is 18.1 Å². The van der Waals surface area contributed by atoms with Crippen LogP contribution in [0.5, 0.6) is 0 Å². The van der Waals surface area contributed by atoms with Gasteiger partial charge in [0.2, 0.25) is 11.8 Å². The third kappa shape index (κ3) is 7.84. The van der Waals surface area contributed by atoms with Crippen LogP contribution in [0.3, 0.4) is 0 Å². The van der Waals surface area contributed by atoms with E-state index in [0.29, 0.717) is 5.56 Å². The summed E-state index contributed by atoms with van der Waals surface area (Å²) in [6, 6.07) is 4.76. The third-order valence-corrected chi connectivity index (χ3v) is 3.71. The smallest absolute Gasteiger partial charge is 0.326 e. The van der Waals surface area contributed by atoms with Crippen LogP contribution >= 0.6 is 0 Å². The van der Waals surface area contributed by atoms with E-state index in [-0.39, 0.29) is 12.8 Å². The first kappa shape index (κ1) is 22.1. The van der Waals surface area contributed by atoms with Crippen LogP contribution < -0.4 is 16.4 Å². The first-order valence-electron chi connectivity index (χ1n) is 8.20. The lowest BCUT2D eigenvalue weighted by atomic mass is 10.0. The Balaban J connectivity index is 2.85. The molecule has 1 aromatic rings. The van der Waals surface area contributed by atoms with Crippen molar-refractivity contribution in [2.45, 2.75) is 37.4 Å². The molecule has 10 heteroatoms. The van der Waals surface area contributed by atoms with Crippen molar-refractivity contribution in [3.05, 3.63) is 35.9 Å². The topological polar surface area (TPSA) is 179 Å². The zero-order valence-corrected chi connectivity index (χ0v) is 14.5. The Bertz CT molecular complexity index is 666. The van der Waals surface area contributed by atoms with Crippen LogP contribution in [0.25, 0.3) is 0 Å². The number of amides is 2. The lowest BCUT2D eigenvalue weighted by Gasteiger charge is -2.22. The normalized spacial score (nSPS) is 13.9.